The van der Waals surface area contributed by atoms with Crippen molar-refractivity contribution in [1.29, 1.82) is 0 Å². The maximum absolute atomic E-state index is 12.0. The Hall–Kier alpha value is -3.56. The second-order valence-corrected chi connectivity index (χ2v) is 7.79. The highest BCUT2D eigenvalue weighted by atomic mass is 35.5. The van der Waals surface area contributed by atoms with Gasteiger partial charge in [-0.1, -0.05) is 17.7 Å². The summed E-state index contributed by atoms with van der Waals surface area (Å²) in [4.78, 5) is 27.4. The van der Waals surface area contributed by atoms with E-state index in [1.165, 1.54) is 11.3 Å². The van der Waals surface area contributed by atoms with E-state index in [-0.39, 0.29) is 12.5 Å². The topological polar surface area (TPSA) is 128 Å². The number of benzene rings is 1. The molecule has 10 heteroatoms. The number of carbonyl (C=O) groups is 2. The zero-order chi connectivity index (χ0) is 21.5. The minimum atomic E-state index is -0.761. The number of nitrogens with one attached hydrogen (secondary N) is 2. The van der Waals surface area contributed by atoms with Crippen LogP contribution in [0.4, 0.5) is 10.5 Å². The monoisotopic (exact) mass is 442 g/mol. The lowest BCUT2D eigenvalue weighted by atomic mass is 10.2. The molecule has 154 valence electrons. The lowest BCUT2D eigenvalue weighted by Crippen LogP contribution is -2.27. The van der Waals surface area contributed by atoms with Gasteiger partial charge in [-0.05, 0) is 48.5 Å². The fourth-order valence-electron chi connectivity index (χ4n) is 2.51. The number of hydrogen-bond donors (Lipinski definition) is 4. The molecule has 0 bridgehead atoms. The Labute approximate surface area is 181 Å². The van der Waals surface area contributed by atoms with Gasteiger partial charge in [0.1, 0.15) is 5.49 Å². The molecule has 0 atom stereocenters. The maximum Gasteiger partial charge on any atom is 0.340 e. The lowest BCUT2D eigenvalue weighted by Gasteiger charge is -2.09. The van der Waals surface area contributed by atoms with Crippen molar-refractivity contribution in [2.45, 2.75) is 0 Å². The molecule has 0 aliphatic heterocycles. The summed E-state index contributed by atoms with van der Waals surface area (Å²) >= 11 is 7.04. The molecule has 3 aromatic rings. The molecule has 8 nitrogen and oxygen atoms in total. The van der Waals surface area contributed by atoms with E-state index in [0.29, 0.717) is 20.4 Å². The fraction of sp³-hybridized carbons (Fsp3) is 0.0500. The van der Waals surface area contributed by atoms with Crippen molar-refractivity contribution in [1.82, 2.24) is 9.88 Å². The van der Waals surface area contributed by atoms with Gasteiger partial charge in [0, 0.05) is 29.5 Å². The first-order chi connectivity index (χ1) is 14.4. The van der Waals surface area contributed by atoms with Crippen LogP contribution in [0.2, 0.25) is 4.34 Å². The van der Waals surface area contributed by atoms with E-state index >= 15 is 0 Å². The minimum absolute atomic E-state index is 0.192. The quantitative estimate of drug-likeness (QED) is 0.468. The molecular formula is C20H19ClN6O2S. The van der Waals surface area contributed by atoms with Gasteiger partial charge in [0.05, 0.1) is 15.8 Å². The summed E-state index contributed by atoms with van der Waals surface area (Å²) in [5.74, 6) is -0.232. The van der Waals surface area contributed by atoms with E-state index in [2.05, 4.69) is 15.6 Å². The van der Waals surface area contributed by atoms with Gasteiger partial charge >= 0.3 is 6.03 Å². The number of pyridine rings is 1. The third kappa shape index (κ3) is 5.72. The number of halogens is 1. The standard InChI is InChI=1S/C20H19ClN6O2S/c21-17-9-8-16(30-17)19(28)25-12-13(22)11-24-14-4-6-15(7-5-14)27-10-2-1-3-18(27)26-20(23)29/h1-11,24H,12,22H2,(H2,23,29)(H,25,28)/b13-11-,26-18?. The van der Waals surface area contributed by atoms with E-state index in [1.807, 2.05) is 30.3 Å². The van der Waals surface area contributed by atoms with Crippen LogP contribution in [-0.2, 0) is 0 Å². The number of urea groups is 1. The highest BCUT2D eigenvalue weighted by Crippen LogP contribution is 2.21. The average molecular weight is 443 g/mol. The molecule has 0 aliphatic carbocycles. The fourth-order valence-corrected chi connectivity index (χ4v) is 3.47. The number of aromatic nitrogens is 1. The number of hydrogen-bond acceptors (Lipinski definition) is 5. The number of carbonyl (C=O) groups excluding carboxylic acids is 2. The number of amides is 3. The Kier molecular flexibility index (Phi) is 6.89. The zero-order valence-electron chi connectivity index (χ0n) is 15.7. The Morgan fingerprint density at radius 1 is 1.10 bits per heavy atom. The van der Waals surface area contributed by atoms with Crippen LogP contribution in [0.15, 0.2) is 77.7 Å². The highest BCUT2D eigenvalue weighted by molar-refractivity contribution is 7.18. The van der Waals surface area contributed by atoms with Gasteiger partial charge in [-0.15, -0.1) is 11.3 Å². The summed E-state index contributed by atoms with van der Waals surface area (Å²) in [7, 11) is 0. The minimum Gasteiger partial charge on any atom is -0.399 e. The summed E-state index contributed by atoms with van der Waals surface area (Å²) in [5, 5.41) is 5.80. The normalized spacial score (nSPS) is 11.9. The molecule has 30 heavy (non-hydrogen) atoms. The second-order valence-electron chi connectivity index (χ2n) is 6.08. The molecule has 3 rings (SSSR count). The van der Waals surface area contributed by atoms with Crippen molar-refractivity contribution >= 4 is 40.6 Å². The molecule has 0 radical (unpaired) electrons. The molecular weight excluding hydrogens is 424 g/mol. The zero-order valence-corrected chi connectivity index (χ0v) is 17.3. The van der Waals surface area contributed by atoms with Crippen LogP contribution in [-0.4, -0.2) is 23.1 Å². The van der Waals surface area contributed by atoms with Crippen molar-refractivity contribution in [2.24, 2.45) is 16.5 Å². The molecule has 6 N–H and O–H groups in total. The van der Waals surface area contributed by atoms with Gasteiger partial charge in [-0.2, -0.15) is 4.99 Å². The molecule has 0 unspecified atom stereocenters. The largest absolute Gasteiger partial charge is 0.399 e. The Morgan fingerprint density at radius 2 is 1.87 bits per heavy atom. The molecule has 0 fully saturated rings. The van der Waals surface area contributed by atoms with Crippen molar-refractivity contribution in [3.05, 3.63) is 87.4 Å². The first-order valence-electron chi connectivity index (χ1n) is 8.79. The summed E-state index contributed by atoms with van der Waals surface area (Å²) in [6.45, 7) is 0.192. The molecule has 0 saturated carbocycles. The lowest BCUT2D eigenvalue weighted by molar-refractivity contribution is 0.0961. The number of primary amides is 1. The van der Waals surface area contributed by atoms with E-state index in [1.54, 1.807) is 41.2 Å². The summed E-state index contributed by atoms with van der Waals surface area (Å²) < 4.78 is 2.29. The molecule has 2 aromatic heterocycles. The van der Waals surface area contributed by atoms with Gasteiger partial charge < -0.3 is 26.7 Å². The third-order valence-corrected chi connectivity index (χ3v) is 5.11. The molecule has 0 aliphatic rings. The first kappa shape index (κ1) is 21.2. The molecule has 2 heterocycles. The van der Waals surface area contributed by atoms with Crippen LogP contribution in [0.25, 0.3) is 5.69 Å². The van der Waals surface area contributed by atoms with Gasteiger partial charge in [0.2, 0.25) is 0 Å². The number of nitrogens with two attached hydrogens (primary N) is 2. The number of rotatable bonds is 6. The van der Waals surface area contributed by atoms with Crippen LogP contribution in [0, 0.1) is 0 Å². The Morgan fingerprint density at radius 3 is 2.53 bits per heavy atom. The van der Waals surface area contributed by atoms with E-state index < -0.39 is 6.03 Å². The first-order valence-corrected chi connectivity index (χ1v) is 9.99. The summed E-state index contributed by atoms with van der Waals surface area (Å²) in [6.07, 6.45) is 3.39. The van der Waals surface area contributed by atoms with Crippen LogP contribution in [0.1, 0.15) is 9.67 Å². The summed E-state index contributed by atoms with van der Waals surface area (Å²) in [6, 6.07) is 15.3. The number of thiophene rings is 1. The SMILES string of the molecule is NC(=O)N=c1ccccn1-c1ccc(N/C=C(\N)CNC(=O)c2ccc(Cl)s2)cc1. The van der Waals surface area contributed by atoms with Gasteiger partial charge in [-0.3, -0.25) is 4.79 Å². The molecule has 0 saturated heterocycles. The molecule has 0 spiro atoms. The maximum atomic E-state index is 12.0. The van der Waals surface area contributed by atoms with Crippen LogP contribution >= 0.6 is 22.9 Å². The van der Waals surface area contributed by atoms with E-state index in [0.717, 1.165) is 11.4 Å². The van der Waals surface area contributed by atoms with Gasteiger partial charge in [-0.25, -0.2) is 4.79 Å². The van der Waals surface area contributed by atoms with Gasteiger partial charge in [0.15, 0.2) is 0 Å². The van der Waals surface area contributed by atoms with Crippen LogP contribution in [0.3, 0.4) is 0 Å². The smallest absolute Gasteiger partial charge is 0.340 e. The van der Waals surface area contributed by atoms with Crippen molar-refractivity contribution in [2.75, 3.05) is 11.9 Å². The van der Waals surface area contributed by atoms with Crippen molar-refractivity contribution < 1.29 is 9.59 Å². The molecule has 3 amide bonds. The van der Waals surface area contributed by atoms with Gasteiger partial charge in [0.25, 0.3) is 5.91 Å². The predicted molar refractivity (Wildman–Crippen MR) is 118 cm³/mol. The van der Waals surface area contributed by atoms with E-state index in [9.17, 15) is 9.59 Å². The second kappa shape index (κ2) is 9.77. The Bertz CT molecular complexity index is 1150. The van der Waals surface area contributed by atoms with Crippen molar-refractivity contribution in [3.63, 3.8) is 0 Å². The van der Waals surface area contributed by atoms with Crippen molar-refractivity contribution in [3.8, 4) is 5.69 Å². The predicted octanol–water partition coefficient (Wildman–Crippen LogP) is 2.81. The van der Waals surface area contributed by atoms with Crippen LogP contribution in [0.5, 0.6) is 0 Å². The molecule has 1 aromatic carbocycles. The van der Waals surface area contributed by atoms with Crippen LogP contribution < -0.4 is 27.6 Å². The Balaban J connectivity index is 1.62. The number of anilines is 1. The number of nitrogens with zero attached hydrogens (tertiary/aromatic N) is 2. The summed E-state index contributed by atoms with van der Waals surface area (Å²) in [5.41, 5.74) is 13.6. The highest BCUT2D eigenvalue weighted by Gasteiger charge is 2.08. The average Bonchev–Trinajstić information content (AvgIpc) is 3.17. The van der Waals surface area contributed by atoms with E-state index in [4.69, 9.17) is 23.1 Å². The third-order valence-electron chi connectivity index (χ3n) is 3.88.